The molecule has 0 unspecified atom stereocenters. The molecule has 0 aliphatic rings. The van der Waals surface area contributed by atoms with Gasteiger partial charge in [-0.3, -0.25) is 5.32 Å². The largest absolute Gasteiger partial charge is 0.447 e. The van der Waals surface area contributed by atoms with Crippen LogP contribution < -0.4 is 5.32 Å². The van der Waals surface area contributed by atoms with Crippen LogP contribution in [0.3, 0.4) is 0 Å². The van der Waals surface area contributed by atoms with Crippen LogP contribution in [0.15, 0.2) is 22.7 Å². The number of aliphatic hydroxyl groups excluding tert-OH is 1. The maximum absolute atomic E-state index is 11.2. The summed E-state index contributed by atoms with van der Waals surface area (Å²) in [5.41, 5.74) is 1.63. The third-order valence-corrected chi connectivity index (χ3v) is 2.25. The van der Waals surface area contributed by atoms with E-state index in [0.29, 0.717) is 5.69 Å². The number of aliphatic hydroxyl groups is 1. The van der Waals surface area contributed by atoms with Crippen molar-refractivity contribution in [2.24, 2.45) is 0 Å². The van der Waals surface area contributed by atoms with E-state index in [1.54, 1.807) is 6.07 Å². The van der Waals surface area contributed by atoms with E-state index < -0.39 is 6.09 Å². The van der Waals surface area contributed by atoms with Crippen molar-refractivity contribution >= 4 is 27.7 Å². The van der Waals surface area contributed by atoms with Gasteiger partial charge in [0.1, 0.15) is 6.61 Å². The van der Waals surface area contributed by atoms with Crippen molar-refractivity contribution in [3.8, 4) is 0 Å². The molecule has 1 aromatic rings. The second-order valence-electron chi connectivity index (χ2n) is 2.94. The highest BCUT2D eigenvalue weighted by molar-refractivity contribution is 9.10. The summed E-state index contributed by atoms with van der Waals surface area (Å²) >= 11 is 3.31. The maximum Gasteiger partial charge on any atom is 0.411 e. The Kier molecular flexibility index (Phi) is 4.58. The summed E-state index contributed by atoms with van der Waals surface area (Å²) in [4.78, 5) is 11.2. The van der Waals surface area contributed by atoms with Crippen LogP contribution in [0.4, 0.5) is 10.5 Å². The molecule has 0 atom stereocenters. The van der Waals surface area contributed by atoms with E-state index in [1.807, 2.05) is 19.1 Å². The van der Waals surface area contributed by atoms with Gasteiger partial charge in [0, 0.05) is 10.2 Å². The number of halogens is 1. The Morgan fingerprint density at radius 2 is 2.33 bits per heavy atom. The summed E-state index contributed by atoms with van der Waals surface area (Å²) in [6.45, 7) is 1.71. The smallest absolute Gasteiger partial charge is 0.411 e. The third kappa shape index (κ3) is 3.89. The van der Waals surface area contributed by atoms with Gasteiger partial charge < -0.3 is 9.84 Å². The fourth-order valence-electron chi connectivity index (χ4n) is 1.01. The zero-order chi connectivity index (χ0) is 11.3. The lowest BCUT2D eigenvalue weighted by Gasteiger charge is -2.08. The predicted molar refractivity (Wildman–Crippen MR) is 60.9 cm³/mol. The van der Waals surface area contributed by atoms with E-state index >= 15 is 0 Å². The van der Waals surface area contributed by atoms with Crippen LogP contribution in [0.2, 0.25) is 0 Å². The topological polar surface area (TPSA) is 58.6 Å². The first-order valence-corrected chi connectivity index (χ1v) is 5.23. The van der Waals surface area contributed by atoms with Crippen LogP contribution >= 0.6 is 15.9 Å². The maximum atomic E-state index is 11.2. The molecule has 0 fully saturated rings. The molecule has 0 radical (unpaired) electrons. The van der Waals surface area contributed by atoms with E-state index in [9.17, 15) is 4.79 Å². The molecule has 0 aliphatic heterocycles. The molecule has 15 heavy (non-hydrogen) atoms. The van der Waals surface area contributed by atoms with Gasteiger partial charge in [-0.15, -0.1) is 0 Å². The minimum Gasteiger partial charge on any atom is -0.447 e. The van der Waals surface area contributed by atoms with Gasteiger partial charge in [-0.2, -0.15) is 0 Å². The first-order valence-electron chi connectivity index (χ1n) is 4.44. The Labute approximate surface area is 96.4 Å². The molecule has 0 spiro atoms. The summed E-state index contributed by atoms with van der Waals surface area (Å²) in [7, 11) is 0. The molecule has 0 saturated carbocycles. The van der Waals surface area contributed by atoms with Crippen LogP contribution in [0.25, 0.3) is 0 Å². The van der Waals surface area contributed by atoms with Crippen molar-refractivity contribution < 1.29 is 14.6 Å². The van der Waals surface area contributed by atoms with E-state index in [0.717, 1.165) is 10.0 Å². The number of carbonyl (C=O) groups excluding carboxylic acids is 1. The summed E-state index contributed by atoms with van der Waals surface area (Å²) in [5.74, 6) is 0. The molecule has 0 saturated heterocycles. The van der Waals surface area contributed by atoms with Gasteiger partial charge in [-0.1, -0.05) is 22.0 Å². The first kappa shape index (κ1) is 12.0. The molecular weight excluding hydrogens is 262 g/mol. The molecule has 0 aliphatic carbocycles. The van der Waals surface area contributed by atoms with Crippen LogP contribution in [0, 0.1) is 6.92 Å². The Morgan fingerprint density at radius 3 is 3.00 bits per heavy atom. The van der Waals surface area contributed by atoms with Gasteiger partial charge in [0.15, 0.2) is 0 Å². The number of hydrogen-bond donors (Lipinski definition) is 2. The molecule has 2 N–H and O–H groups in total. The minimum absolute atomic E-state index is 0.00111. The van der Waals surface area contributed by atoms with Gasteiger partial charge in [0.25, 0.3) is 0 Å². The van der Waals surface area contributed by atoms with Gasteiger partial charge in [-0.05, 0) is 24.6 Å². The minimum atomic E-state index is -0.565. The number of amides is 1. The number of carbonyl (C=O) groups is 1. The highest BCUT2D eigenvalue weighted by Gasteiger charge is 2.05. The number of anilines is 1. The lowest BCUT2D eigenvalue weighted by molar-refractivity contribution is 0.131. The van der Waals surface area contributed by atoms with Crippen molar-refractivity contribution in [1.82, 2.24) is 0 Å². The highest BCUT2D eigenvalue weighted by atomic mass is 79.9. The number of ether oxygens (including phenoxy) is 1. The summed E-state index contributed by atoms with van der Waals surface area (Å²) < 4.78 is 5.55. The van der Waals surface area contributed by atoms with Crippen LogP contribution in [0.1, 0.15) is 5.56 Å². The first-order chi connectivity index (χ1) is 7.13. The average molecular weight is 274 g/mol. The molecule has 0 aromatic heterocycles. The lowest BCUT2D eigenvalue weighted by Crippen LogP contribution is -2.16. The van der Waals surface area contributed by atoms with Gasteiger partial charge in [0.05, 0.1) is 6.61 Å². The fraction of sp³-hybridized carbons (Fsp3) is 0.300. The Balaban J connectivity index is 2.63. The lowest BCUT2D eigenvalue weighted by atomic mass is 10.2. The standard InChI is InChI=1S/C10H12BrNO3/c1-7-2-3-8(11)6-9(7)12-10(14)15-5-4-13/h2-3,6,13H,4-5H2,1H3,(H,12,14). The van der Waals surface area contributed by atoms with Crippen LogP contribution in [-0.4, -0.2) is 24.4 Å². The van der Waals surface area contributed by atoms with E-state index in [4.69, 9.17) is 5.11 Å². The molecule has 82 valence electrons. The number of rotatable bonds is 3. The van der Waals surface area contributed by atoms with Crippen molar-refractivity contribution in [2.75, 3.05) is 18.5 Å². The molecular formula is C10H12BrNO3. The van der Waals surface area contributed by atoms with E-state index in [2.05, 4.69) is 26.0 Å². The monoisotopic (exact) mass is 273 g/mol. The number of hydrogen-bond acceptors (Lipinski definition) is 3. The fourth-order valence-corrected chi connectivity index (χ4v) is 1.37. The average Bonchev–Trinajstić information content (AvgIpc) is 2.20. The predicted octanol–water partition coefficient (Wildman–Crippen LogP) is 2.30. The second-order valence-corrected chi connectivity index (χ2v) is 3.86. The van der Waals surface area contributed by atoms with E-state index in [-0.39, 0.29) is 13.2 Å². The second kappa shape index (κ2) is 5.72. The third-order valence-electron chi connectivity index (χ3n) is 1.76. The number of benzene rings is 1. The Morgan fingerprint density at radius 1 is 1.60 bits per heavy atom. The summed E-state index contributed by atoms with van der Waals surface area (Å²) in [5, 5.41) is 11.1. The quantitative estimate of drug-likeness (QED) is 0.889. The van der Waals surface area contributed by atoms with Crippen molar-refractivity contribution in [1.29, 1.82) is 0 Å². The number of nitrogens with one attached hydrogen (secondary N) is 1. The highest BCUT2D eigenvalue weighted by Crippen LogP contribution is 2.20. The molecule has 4 nitrogen and oxygen atoms in total. The Hall–Kier alpha value is -1.07. The van der Waals surface area contributed by atoms with Crippen molar-refractivity contribution in [2.45, 2.75) is 6.92 Å². The summed E-state index contributed by atoms with van der Waals surface area (Å²) in [6.07, 6.45) is -0.565. The van der Waals surface area contributed by atoms with Gasteiger partial charge in [0.2, 0.25) is 0 Å². The Bertz CT molecular complexity index is 355. The molecule has 1 amide bonds. The zero-order valence-electron chi connectivity index (χ0n) is 8.29. The SMILES string of the molecule is Cc1ccc(Br)cc1NC(=O)OCCO. The zero-order valence-corrected chi connectivity index (χ0v) is 9.87. The van der Waals surface area contributed by atoms with Gasteiger partial charge >= 0.3 is 6.09 Å². The van der Waals surface area contributed by atoms with Crippen LogP contribution in [-0.2, 0) is 4.74 Å². The molecule has 0 heterocycles. The van der Waals surface area contributed by atoms with Crippen LogP contribution in [0.5, 0.6) is 0 Å². The molecule has 1 rings (SSSR count). The van der Waals surface area contributed by atoms with E-state index in [1.165, 1.54) is 0 Å². The molecule has 5 heteroatoms. The molecule has 1 aromatic carbocycles. The van der Waals surface area contributed by atoms with Crippen molar-refractivity contribution in [3.05, 3.63) is 28.2 Å². The number of aryl methyl sites for hydroxylation is 1. The van der Waals surface area contributed by atoms with Crippen molar-refractivity contribution in [3.63, 3.8) is 0 Å². The normalized spacial score (nSPS) is 9.80. The van der Waals surface area contributed by atoms with Gasteiger partial charge in [-0.25, -0.2) is 4.79 Å². The summed E-state index contributed by atoms with van der Waals surface area (Å²) in [6, 6.07) is 5.56. The molecule has 0 bridgehead atoms.